The Balaban J connectivity index is 0.000000211. The molecule has 4 aliphatic heterocycles. The average Bonchev–Trinajstić information content (AvgIpc) is 3.30. The zero-order valence-electron chi connectivity index (χ0n) is 40.2. The van der Waals surface area contributed by atoms with Gasteiger partial charge in [0.05, 0.1) is 48.3 Å². The van der Waals surface area contributed by atoms with Crippen LogP contribution in [-0.4, -0.2) is 163 Å². The summed E-state index contributed by atoms with van der Waals surface area (Å²) in [6, 6.07) is 21.5. The van der Waals surface area contributed by atoms with E-state index in [2.05, 4.69) is 9.80 Å². The minimum Gasteiger partial charge on any atom is -0.492 e. The molecule has 4 aliphatic rings. The van der Waals surface area contributed by atoms with Crippen LogP contribution in [0.4, 0.5) is 26.3 Å². The van der Waals surface area contributed by atoms with E-state index >= 15 is 0 Å². The van der Waals surface area contributed by atoms with Crippen molar-refractivity contribution in [2.24, 2.45) is 22.1 Å². The van der Waals surface area contributed by atoms with Gasteiger partial charge < -0.3 is 19.7 Å². The van der Waals surface area contributed by atoms with Gasteiger partial charge in [0.2, 0.25) is 20.0 Å². The topological polar surface area (TPSA) is 192 Å². The highest BCUT2D eigenvalue weighted by molar-refractivity contribution is 7.89. The largest absolute Gasteiger partial charge is 0.492 e. The van der Waals surface area contributed by atoms with Gasteiger partial charge in [-0.05, 0) is 109 Å². The van der Waals surface area contributed by atoms with Crippen LogP contribution in [0.1, 0.15) is 59.3 Å². The van der Waals surface area contributed by atoms with E-state index < -0.39 is 70.3 Å². The first kappa shape index (κ1) is 55.4. The summed E-state index contributed by atoms with van der Waals surface area (Å²) in [6.45, 7) is 4.40. The molecule has 0 unspecified atom stereocenters. The molecule has 0 bridgehead atoms. The molecule has 0 aliphatic carbocycles. The highest BCUT2D eigenvalue weighted by atomic mass is 32.2. The summed E-state index contributed by atoms with van der Waals surface area (Å²) in [5.41, 5.74) is 4.35. The zero-order chi connectivity index (χ0) is 52.2. The summed E-state index contributed by atoms with van der Waals surface area (Å²) in [5.74, 6) is -5.11. The molecule has 2 saturated heterocycles. The first-order valence-electron chi connectivity index (χ1n) is 23.8. The smallest absolute Gasteiger partial charge is 0.283 e. The summed E-state index contributed by atoms with van der Waals surface area (Å²) in [4.78, 5) is 7.46. The van der Waals surface area contributed by atoms with Crippen LogP contribution in [0, 0.1) is 11.8 Å². The maximum absolute atomic E-state index is 14.3. The van der Waals surface area contributed by atoms with Crippen molar-refractivity contribution < 1.29 is 62.9 Å². The third-order valence-corrected chi connectivity index (χ3v) is 15.7. The fourth-order valence-corrected chi connectivity index (χ4v) is 11.1. The van der Waals surface area contributed by atoms with Gasteiger partial charge in [0.1, 0.15) is 37.9 Å². The Kier molecular flexibility index (Phi) is 17.7. The standard InChI is InChI=1S/2C25H32F3N3O4S/c2*1-17-10-20-11-22(36(29,33)34)6-7-23(20)24(31(17)15-25(27,28)16-32)19-2-4-21(5-3-19)35-9-8-30-13-18(12-26)14-30/h2*2-7,11,17-18,24,32H,8-10,12-16H2,1H3,(H2,29,33,34)/t2*17-,24-/m10/s1. The van der Waals surface area contributed by atoms with Gasteiger partial charge in [-0.1, -0.05) is 36.4 Å². The molecular formula is C50H64F6N6O8S2. The molecular weight excluding hydrogens is 991 g/mol. The van der Waals surface area contributed by atoms with Gasteiger partial charge >= 0.3 is 0 Å². The average molecular weight is 1060 g/mol. The molecule has 0 aromatic heterocycles. The molecule has 72 heavy (non-hydrogen) atoms. The third kappa shape index (κ3) is 13.7. The lowest BCUT2D eigenvalue weighted by atomic mass is 9.85. The van der Waals surface area contributed by atoms with Crippen molar-refractivity contribution in [3.05, 3.63) is 118 Å². The van der Waals surface area contributed by atoms with Crippen LogP contribution < -0.4 is 19.8 Å². The third-order valence-electron chi connectivity index (χ3n) is 13.8. The number of nitrogens with two attached hydrogens (primary N) is 2. The molecule has 0 saturated carbocycles. The van der Waals surface area contributed by atoms with E-state index in [1.165, 1.54) is 24.3 Å². The summed E-state index contributed by atoms with van der Waals surface area (Å²) in [6.07, 6.45) is 0.718. The lowest BCUT2D eigenvalue weighted by Gasteiger charge is -2.43. The Morgan fingerprint density at radius 1 is 0.583 bits per heavy atom. The number of halogens is 6. The van der Waals surface area contributed by atoms with E-state index in [-0.39, 0.29) is 47.1 Å². The molecule has 8 rings (SSSR count). The van der Waals surface area contributed by atoms with E-state index in [1.807, 2.05) is 24.3 Å². The van der Waals surface area contributed by atoms with Crippen LogP contribution in [0.3, 0.4) is 0 Å². The first-order valence-corrected chi connectivity index (χ1v) is 26.9. The van der Waals surface area contributed by atoms with E-state index in [0.717, 1.165) is 48.4 Å². The number of nitrogens with zero attached hydrogens (tertiary/aromatic N) is 4. The lowest BCUT2D eigenvalue weighted by Crippen LogP contribution is -2.49. The van der Waals surface area contributed by atoms with Crippen LogP contribution >= 0.6 is 0 Å². The summed E-state index contributed by atoms with van der Waals surface area (Å²) < 4.78 is 141. The van der Waals surface area contributed by atoms with E-state index in [9.17, 15) is 53.4 Å². The predicted molar refractivity (Wildman–Crippen MR) is 259 cm³/mol. The van der Waals surface area contributed by atoms with Gasteiger partial charge in [0.15, 0.2) is 0 Å². The summed E-state index contributed by atoms with van der Waals surface area (Å²) >= 11 is 0. The second-order valence-corrected chi connectivity index (χ2v) is 22.6. The number of aliphatic hydroxyl groups is 2. The van der Waals surface area contributed by atoms with Crippen LogP contribution in [0.25, 0.3) is 0 Å². The minimum atomic E-state index is -3.91. The molecule has 22 heteroatoms. The van der Waals surface area contributed by atoms with Crippen LogP contribution in [0.15, 0.2) is 94.7 Å². The number of fused-ring (bicyclic) bond motifs is 2. The highest BCUT2D eigenvalue weighted by Gasteiger charge is 2.42. The Morgan fingerprint density at radius 3 is 1.24 bits per heavy atom. The van der Waals surface area contributed by atoms with Crippen molar-refractivity contribution in [2.45, 2.75) is 72.5 Å². The monoisotopic (exact) mass is 1050 g/mol. The molecule has 4 aromatic rings. The quantitative estimate of drug-likeness (QED) is 0.0853. The lowest BCUT2D eigenvalue weighted by molar-refractivity contribution is -0.0864. The van der Waals surface area contributed by atoms with Gasteiger partial charge in [-0.15, -0.1) is 0 Å². The molecule has 4 atom stereocenters. The molecule has 14 nitrogen and oxygen atoms in total. The number of sulfonamides is 2. The van der Waals surface area contributed by atoms with Crippen LogP contribution in [0.2, 0.25) is 0 Å². The van der Waals surface area contributed by atoms with Crippen molar-refractivity contribution in [3.8, 4) is 11.5 Å². The van der Waals surface area contributed by atoms with Crippen molar-refractivity contribution in [3.63, 3.8) is 0 Å². The number of ether oxygens (including phenoxy) is 2. The fourth-order valence-electron chi connectivity index (χ4n) is 10.0. The number of benzene rings is 4. The number of likely N-dealkylation sites (tertiary alicyclic amines) is 2. The van der Waals surface area contributed by atoms with Crippen molar-refractivity contribution in [1.82, 2.24) is 19.6 Å². The summed E-state index contributed by atoms with van der Waals surface area (Å²) in [7, 11) is -7.82. The van der Waals surface area contributed by atoms with Gasteiger partial charge in [0, 0.05) is 63.2 Å². The van der Waals surface area contributed by atoms with Gasteiger partial charge in [0.25, 0.3) is 11.8 Å². The number of rotatable bonds is 20. The Labute approximate surface area is 417 Å². The SMILES string of the molecule is C[C@@H]1Cc2cc(S(N)(=O)=O)ccc2[C@@H](c2ccc(OCCN3CC(CF)C3)cc2)N1CC(F)(F)CO.C[C@H]1Cc2cc(S(N)(=O)=O)ccc2[C@H](c2ccc(OCCN3CC(CF)C3)cc2)N1CC(F)(F)CO. The molecule has 4 heterocycles. The van der Waals surface area contributed by atoms with Crippen molar-refractivity contribution in [2.75, 3.05) is 92.1 Å². The number of hydrogen-bond donors (Lipinski definition) is 4. The molecule has 6 N–H and O–H groups in total. The van der Waals surface area contributed by atoms with Gasteiger partial charge in [-0.3, -0.25) is 28.4 Å². The maximum Gasteiger partial charge on any atom is 0.283 e. The van der Waals surface area contributed by atoms with E-state index in [4.69, 9.17) is 19.8 Å². The number of hydrogen-bond acceptors (Lipinski definition) is 12. The van der Waals surface area contributed by atoms with Crippen molar-refractivity contribution in [1.29, 1.82) is 0 Å². The number of aliphatic hydroxyl groups excluding tert-OH is 2. The van der Waals surface area contributed by atoms with E-state index in [1.54, 1.807) is 60.0 Å². The molecule has 396 valence electrons. The second-order valence-electron chi connectivity index (χ2n) is 19.5. The number of primary sulfonamides is 2. The fraction of sp³-hybridized carbons (Fsp3) is 0.520. The Morgan fingerprint density at radius 2 is 0.931 bits per heavy atom. The van der Waals surface area contributed by atoms with Crippen LogP contribution in [-0.2, 0) is 32.9 Å². The molecule has 0 radical (unpaired) electrons. The highest BCUT2D eigenvalue weighted by Crippen LogP contribution is 2.42. The number of alkyl halides is 6. The normalized spacial score (nSPS) is 21.7. The van der Waals surface area contributed by atoms with Gasteiger partial charge in [-0.2, -0.15) is 0 Å². The Bertz CT molecular complexity index is 2500. The summed E-state index contributed by atoms with van der Waals surface area (Å²) in [5, 5.41) is 29.0. The van der Waals surface area contributed by atoms with Crippen molar-refractivity contribution >= 4 is 20.0 Å². The molecule has 0 spiro atoms. The second kappa shape index (κ2) is 23.0. The van der Waals surface area contributed by atoms with Gasteiger partial charge in [-0.25, -0.2) is 44.7 Å². The molecule has 2 fully saturated rings. The Hall–Kier alpha value is -4.36. The first-order chi connectivity index (χ1) is 34.0. The molecule has 4 aromatic carbocycles. The zero-order valence-corrected chi connectivity index (χ0v) is 41.9. The maximum atomic E-state index is 14.3. The van der Waals surface area contributed by atoms with Crippen LogP contribution in [0.5, 0.6) is 11.5 Å². The van der Waals surface area contributed by atoms with E-state index in [0.29, 0.717) is 61.8 Å². The minimum absolute atomic E-state index is 0.0230. The molecule has 0 amide bonds. The predicted octanol–water partition coefficient (Wildman–Crippen LogP) is 5.16.